The van der Waals surface area contributed by atoms with E-state index in [9.17, 15) is 0 Å². The molecule has 0 saturated carbocycles. The molecule has 0 nitrogen and oxygen atoms in total. The van der Waals surface area contributed by atoms with Gasteiger partial charge in [0.25, 0.3) is 0 Å². The van der Waals surface area contributed by atoms with Crippen LogP contribution in [0, 0.1) is 37.5 Å². The summed E-state index contributed by atoms with van der Waals surface area (Å²) < 4.78 is 0. The number of thiophene rings is 2. The molecule has 2 heteroatoms. The number of hydrogen-bond acceptors (Lipinski definition) is 2. The summed E-state index contributed by atoms with van der Waals surface area (Å²) in [6.45, 7) is 4.17. The molecule has 144 valence electrons. The Morgan fingerprint density at radius 2 is 0.900 bits per heavy atom. The molecular weight excluding hydrogens is 400 g/mol. The molecule has 0 aliphatic rings. The largest absolute Gasteiger partial charge is 0.127 e. The molecule has 0 spiro atoms. The van der Waals surface area contributed by atoms with Crippen LogP contribution in [0.3, 0.4) is 0 Å². The van der Waals surface area contributed by atoms with Gasteiger partial charge >= 0.3 is 0 Å². The highest BCUT2D eigenvalue weighted by atomic mass is 32.1. The fourth-order valence-corrected chi connectivity index (χ4v) is 4.25. The Balaban J connectivity index is 1.40. The molecule has 4 rings (SSSR count). The van der Waals surface area contributed by atoms with E-state index in [2.05, 4.69) is 122 Å². The highest BCUT2D eigenvalue weighted by Crippen LogP contribution is 2.22. The first kappa shape index (κ1) is 20.0. The Hall–Kier alpha value is -3.30. The van der Waals surface area contributed by atoms with Gasteiger partial charge in [0.1, 0.15) is 0 Å². The van der Waals surface area contributed by atoms with Crippen LogP contribution in [0.15, 0.2) is 72.8 Å². The maximum Gasteiger partial charge on any atom is 0.0778 e. The van der Waals surface area contributed by atoms with Gasteiger partial charge in [-0.25, -0.2) is 0 Å². The van der Waals surface area contributed by atoms with E-state index < -0.39 is 0 Å². The van der Waals surface area contributed by atoms with E-state index in [1.807, 2.05) is 0 Å². The molecule has 0 N–H and O–H groups in total. The second kappa shape index (κ2) is 9.47. The van der Waals surface area contributed by atoms with Gasteiger partial charge < -0.3 is 0 Å². The van der Waals surface area contributed by atoms with Crippen LogP contribution in [0.4, 0.5) is 0 Å². The zero-order valence-corrected chi connectivity index (χ0v) is 18.5. The number of rotatable bonds is 2. The van der Waals surface area contributed by atoms with Gasteiger partial charge in [-0.3, -0.25) is 0 Å². The summed E-state index contributed by atoms with van der Waals surface area (Å²) in [5.74, 6) is 13.0. The Labute approximate surface area is 186 Å². The van der Waals surface area contributed by atoms with E-state index in [0.717, 1.165) is 20.9 Å². The van der Waals surface area contributed by atoms with Crippen LogP contribution in [0.1, 0.15) is 41.8 Å². The summed E-state index contributed by atoms with van der Waals surface area (Å²) in [5.41, 5.74) is 4.59. The van der Waals surface area contributed by atoms with Gasteiger partial charge in [-0.05, 0) is 74.5 Å². The van der Waals surface area contributed by atoms with Crippen LogP contribution >= 0.6 is 22.7 Å². The third-order valence-electron chi connectivity index (χ3n) is 4.43. The molecule has 0 bridgehead atoms. The lowest BCUT2D eigenvalue weighted by molar-refractivity contribution is 1.46. The van der Waals surface area contributed by atoms with Crippen LogP contribution in [0.2, 0.25) is 0 Å². The second-order valence-corrected chi connectivity index (χ2v) is 9.20. The lowest BCUT2D eigenvalue weighted by Crippen LogP contribution is -1.74. The van der Waals surface area contributed by atoms with Crippen LogP contribution in [0.25, 0.3) is 12.2 Å². The minimum atomic E-state index is 1.05. The van der Waals surface area contributed by atoms with Gasteiger partial charge in [0.2, 0.25) is 0 Å². The molecule has 0 amide bonds. The van der Waals surface area contributed by atoms with Gasteiger partial charge in [-0.2, -0.15) is 0 Å². The standard InChI is InChI=1S/C28H20S2/c1-21-3-7-23(8-4-21)11-13-25-15-17-27(29-25)19-20-28-18-16-26(30-28)14-12-24-9-5-22(2)6-10-24/h3-10,15-20H,1-2H3. The van der Waals surface area contributed by atoms with Crippen LogP contribution < -0.4 is 0 Å². The molecule has 2 aromatic heterocycles. The summed E-state index contributed by atoms with van der Waals surface area (Å²) in [5, 5.41) is 0. The van der Waals surface area contributed by atoms with E-state index in [1.165, 1.54) is 20.9 Å². The van der Waals surface area contributed by atoms with Crippen LogP contribution in [0.5, 0.6) is 0 Å². The van der Waals surface area contributed by atoms with Crippen LogP contribution in [-0.4, -0.2) is 0 Å². The summed E-state index contributed by atoms with van der Waals surface area (Å²) >= 11 is 3.41. The lowest BCUT2D eigenvalue weighted by atomic mass is 10.1. The molecule has 0 radical (unpaired) electrons. The van der Waals surface area contributed by atoms with E-state index >= 15 is 0 Å². The summed E-state index contributed by atoms with van der Waals surface area (Å²) in [6, 6.07) is 25.0. The van der Waals surface area contributed by atoms with E-state index in [4.69, 9.17) is 0 Å². The van der Waals surface area contributed by atoms with Crippen molar-refractivity contribution in [3.63, 3.8) is 0 Å². The van der Waals surface area contributed by atoms with Gasteiger partial charge in [0.15, 0.2) is 0 Å². The minimum Gasteiger partial charge on any atom is -0.127 e. The summed E-state index contributed by atoms with van der Waals surface area (Å²) in [7, 11) is 0. The molecule has 4 aromatic rings. The number of aryl methyl sites for hydroxylation is 2. The second-order valence-electron chi connectivity index (χ2n) is 6.97. The van der Waals surface area contributed by atoms with Crippen molar-refractivity contribution in [3.8, 4) is 23.7 Å². The third kappa shape index (κ3) is 5.62. The maximum absolute atomic E-state index is 3.26. The Bertz CT molecular complexity index is 1190. The predicted octanol–water partition coefficient (Wildman–Crippen LogP) is 7.40. The smallest absolute Gasteiger partial charge is 0.0778 e. The average Bonchev–Trinajstić information content (AvgIpc) is 3.41. The molecule has 0 aliphatic carbocycles. The van der Waals surface area contributed by atoms with E-state index in [-0.39, 0.29) is 0 Å². The monoisotopic (exact) mass is 420 g/mol. The first-order valence-electron chi connectivity index (χ1n) is 9.69. The van der Waals surface area contributed by atoms with Crippen molar-refractivity contribution in [1.82, 2.24) is 0 Å². The van der Waals surface area contributed by atoms with E-state index in [0.29, 0.717) is 0 Å². The predicted molar refractivity (Wildman–Crippen MR) is 132 cm³/mol. The average molecular weight is 421 g/mol. The molecule has 0 atom stereocenters. The first-order chi connectivity index (χ1) is 14.6. The fraction of sp³-hybridized carbons (Fsp3) is 0.0714. The first-order valence-corrected chi connectivity index (χ1v) is 11.3. The highest BCUT2D eigenvalue weighted by molar-refractivity contribution is 7.14. The van der Waals surface area contributed by atoms with Gasteiger partial charge in [0.05, 0.1) is 9.75 Å². The molecule has 0 saturated heterocycles. The van der Waals surface area contributed by atoms with Crippen molar-refractivity contribution in [2.24, 2.45) is 0 Å². The topological polar surface area (TPSA) is 0 Å². The van der Waals surface area contributed by atoms with Gasteiger partial charge in [-0.15, -0.1) is 22.7 Å². The molecule has 0 fully saturated rings. The summed E-state index contributed by atoms with van der Waals surface area (Å²) in [4.78, 5) is 4.55. The van der Waals surface area contributed by atoms with Crippen molar-refractivity contribution >= 4 is 34.8 Å². The number of benzene rings is 2. The van der Waals surface area contributed by atoms with Crippen molar-refractivity contribution in [1.29, 1.82) is 0 Å². The quantitative estimate of drug-likeness (QED) is 0.296. The Morgan fingerprint density at radius 1 is 0.500 bits per heavy atom. The molecule has 0 unspecified atom stereocenters. The zero-order valence-electron chi connectivity index (χ0n) is 16.9. The fourth-order valence-electron chi connectivity index (χ4n) is 2.72. The molecule has 2 heterocycles. The lowest BCUT2D eigenvalue weighted by Gasteiger charge is -1.91. The maximum atomic E-state index is 3.26. The third-order valence-corrected chi connectivity index (χ3v) is 6.36. The normalized spacial score (nSPS) is 10.3. The van der Waals surface area contributed by atoms with Gasteiger partial charge in [-0.1, -0.05) is 59.1 Å². The van der Waals surface area contributed by atoms with Crippen molar-refractivity contribution in [2.75, 3.05) is 0 Å². The highest BCUT2D eigenvalue weighted by Gasteiger charge is 1.97. The molecule has 30 heavy (non-hydrogen) atoms. The molecule has 0 aliphatic heterocycles. The van der Waals surface area contributed by atoms with Gasteiger partial charge in [0, 0.05) is 20.9 Å². The SMILES string of the molecule is Cc1ccc(C#Cc2ccc(C=Cc3ccc(C#Cc4ccc(C)cc4)s3)s2)cc1. The number of hydrogen-bond donors (Lipinski definition) is 0. The summed E-state index contributed by atoms with van der Waals surface area (Å²) in [6.07, 6.45) is 4.29. The van der Waals surface area contributed by atoms with Crippen LogP contribution in [-0.2, 0) is 0 Å². The Kier molecular flexibility index (Phi) is 6.31. The molecule has 2 aromatic carbocycles. The Morgan fingerprint density at radius 3 is 1.30 bits per heavy atom. The minimum absolute atomic E-state index is 1.05. The van der Waals surface area contributed by atoms with Crippen molar-refractivity contribution in [2.45, 2.75) is 13.8 Å². The zero-order chi connectivity index (χ0) is 20.8. The van der Waals surface area contributed by atoms with E-state index in [1.54, 1.807) is 22.7 Å². The van der Waals surface area contributed by atoms with Crippen molar-refractivity contribution < 1.29 is 0 Å². The van der Waals surface area contributed by atoms with Crippen molar-refractivity contribution in [3.05, 3.63) is 115 Å². The molecular formula is C28H20S2.